The van der Waals surface area contributed by atoms with Gasteiger partial charge in [-0.25, -0.2) is 8.42 Å². The van der Waals surface area contributed by atoms with Crippen LogP contribution >= 0.6 is 54.5 Å². The van der Waals surface area contributed by atoms with Gasteiger partial charge in [0.25, 0.3) is 0 Å². The highest BCUT2D eigenvalue weighted by Crippen LogP contribution is 2.72. The number of aromatic hydroxyl groups is 2. The molecule has 0 aliphatic carbocycles. The molecule has 0 radical (unpaired) electrons. The van der Waals surface area contributed by atoms with Crippen molar-refractivity contribution in [3.05, 3.63) is 44.4 Å². The van der Waals surface area contributed by atoms with Crippen molar-refractivity contribution in [1.29, 1.82) is 0 Å². The molecule has 0 saturated carbocycles. The van der Waals surface area contributed by atoms with Crippen LogP contribution in [-0.4, -0.2) is 27.7 Å². The average molecular weight is 486 g/mol. The fourth-order valence-corrected chi connectivity index (χ4v) is 10.0. The molecule has 0 bridgehead atoms. The van der Waals surface area contributed by atoms with E-state index in [1.807, 2.05) is 0 Å². The normalized spacial score (nSPS) is 15.0. The number of hydrogen-bond acceptors (Lipinski definition) is 4. The van der Waals surface area contributed by atoms with Crippen molar-refractivity contribution in [2.24, 2.45) is 0 Å². The molecule has 0 aliphatic heterocycles. The molecule has 2 aromatic rings. The lowest BCUT2D eigenvalue weighted by molar-refractivity contribution is 0.459. The van der Waals surface area contributed by atoms with Crippen molar-refractivity contribution in [3.63, 3.8) is 0 Å². The second-order valence-corrected chi connectivity index (χ2v) is 14.2. The maximum atomic E-state index is 12.2. The number of benzene rings is 2. The third kappa shape index (κ3) is 3.62. The van der Waals surface area contributed by atoms with Crippen molar-refractivity contribution in [1.82, 2.24) is 0 Å². The summed E-state index contributed by atoms with van der Waals surface area (Å²) >= 11 is 23.4. The van der Waals surface area contributed by atoms with Crippen molar-refractivity contribution >= 4 is 74.7 Å². The summed E-state index contributed by atoms with van der Waals surface area (Å²) in [6.07, 6.45) is 0. The van der Waals surface area contributed by atoms with E-state index in [1.165, 1.54) is 0 Å². The lowest BCUT2D eigenvalue weighted by atomic mass is 10.3. The van der Waals surface area contributed by atoms with E-state index in [0.717, 1.165) is 24.3 Å². The fourth-order valence-electron chi connectivity index (χ4n) is 1.97. The molecule has 2 aromatic carbocycles. The zero-order chi connectivity index (χ0) is 19.1. The molecule has 2 unspecified atom stereocenters. The first-order valence-corrected chi connectivity index (χ1v) is 12.3. The number of phenolic OH excluding ortho intramolecular Hbond substituents is 2. The number of halogens is 4. The molecule has 138 valence electrons. The Balaban J connectivity index is 3.07. The quantitative estimate of drug-likeness (QED) is 0.349. The molecule has 2 atom stereocenters. The van der Waals surface area contributed by atoms with Crippen LogP contribution in [0.5, 0.6) is 11.5 Å². The van der Waals surface area contributed by atoms with E-state index in [-0.39, 0.29) is 20.1 Å². The Labute approximate surface area is 167 Å². The predicted octanol–water partition coefficient (Wildman–Crippen LogP) is 5.21. The van der Waals surface area contributed by atoms with Crippen LogP contribution in [-0.2, 0) is 20.2 Å². The molecular weight excluding hydrogens is 478 g/mol. The van der Waals surface area contributed by atoms with Gasteiger partial charge in [-0.2, -0.15) is 0 Å². The molecule has 2 rings (SSSR count). The van der Waals surface area contributed by atoms with Gasteiger partial charge in [0.2, 0.25) is 20.2 Å². The van der Waals surface area contributed by atoms with Gasteiger partial charge in [-0.3, -0.25) is 9.11 Å². The topological polar surface area (TPSA) is 115 Å². The first kappa shape index (κ1) is 21.1. The van der Waals surface area contributed by atoms with E-state index in [2.05, 4.69) is 0 Å². The summed E-state index contributed by atoms with van der Waals surface area (Å²) in [5.41, 5.74) is 0. The summed E-state index contributed by atoms with van der Waals surface area (Å²) in [7, 11) is -10.1. The third-order valence-electron chi connectivity index (χ3n) is 2.97. The van der Waals surface area contributed by atoms with Crippen LogP contribution in [0.25, 0.3) is 0 Å². The van der Waals surface area contributed by atoms with Crippen molar-refractivity contribution in [2.75, 3.05) is 0 Å². The SMILES string of the molecule is O=S(O)S(c1cc(Cl)cc(Cl)c1O)(c1cc(Cl)cc(Cl)c1O)S(=O)O. The summed E-state index contributed by atoms with van der Waals surface area (Å²) in [5.74, 6) is -1.47. The summed E-state index contributed by atoms with van der Waals surface area (Å²) in [4.78, 5) is -0.972. The maximum absolute atomic E-state index is 12.2. The van der Waals surface area contributed by atoms with Crippen molar-refractivity contribution in [3.8, 4) is 11.5 Å². The van der Waals surface area contributed by atoms with Crippen molar-refractivity contribution in [2.45, 2.75) is 9.79 Å². The Hall–Kier alpha value is -0.230. The van der Waals surface area contributed by atoms with Crippen LogP contribution in [0.3, 0.4) is 0 Å². The highest BCUT2D eigenvalue weighted by Gasteiger charge is 2.46. The third-order valence-corrected chi connectivity index (χ3v) is 13.2. The minimum atomic E-state index is -3.92. The maximum Gasteiger partial charge on any atom is 0.219 e. The first-order valence-electron chi connectivity index (χ1n) is 5.95. The molecule has 4 N–H and O–H groups in total. The van der Waals surface area contributed by atoms with Gasteiger partial charge in [-0.1, -0.05) is 46.4 Å². The molecule has 25 heavy (non-hydrogen) atoms. The zero-order valence-corrected chi connectivity index (χ0v) is 17.1. The molecule has 0 amide bonds. The molecular formula is C12H8Cl4O6S3. The Kier molecular flexibility index (Phi) is 6.57. The average Bonchev–Trinajstić information content (AvgIpc) is 2.48. The molecule has 0 aliphatic rings. The summed E-state index contributed by atoms with van der Waals surface area (Å²) in [5, 5.41) is 19.7. The predicted molar refractivity (Wildman–Crippen MR) is 102 cm³/mol. The van der Waals surface area contributed by atoms with Gasteiger partial charge in [0, 0.05) is 18.1 Å². The number of hydrogen-bond donors (Lipinski definition) is 4. The molecule has 0 fully saturated rings. The number of rotatable bonds is 4. The van der Waals surface area contributed by atoms with E-state index in [9.17, 15) is 27.7 Å². The largest absolute Gasteiger partial charge is 0.505 e. The van der Waals surface area contributed by atoms with E-state index in [1.54, 1.807) is 0 Å². The molecule has 0 heterocycles. The van der Waals surface area contributed by atoms with E-state index >= 15 is 0 Å². The van der Waals surface area contributed by atoms with Crippen LogP contribution in [0.1, 0.15) is 0 Å². The highest BCUT2D eigenvalue weighted by atomic mass is 35.5. The van der Waals surface area contributed by atoms with Crippen LogP contribution in [0.4, 0.5) is 0 Å². The zero-order valence-electron chi connectivity index (χ0n) is 11.7. The smallest absolute Gasteiger partial charge is 0.219 e. The molecule has 13 heteroatoms. The van der Waals surface area contributed by atoms with E-state index < -0.39 is 49.6 Å². The first-order chi connectivity index (χ1) is 11.5. The van der Waals surface area contributed by atoms with Crippen LogP contribution in [0.2, 0.25) is 20.1 Å². The van der Waals surface area contributed by atoms with Crippen LogP contribution in [0, 0.1) is 0 Å². The van der Waals surface area contributed by atoms with E-state index in [0.29, 0.717) is 0 Å². The lowest BCUT2D eigenvalue weighted by Gasteiger charge is -2.33. The lowest BCUT2D eigenvalue weighted by Crippen LogP contribution is -2.14. The number of phenols is 2. The van der Waals surface area contributed by atoms with Gasteiger partial charge in [-0.15, -0.1) is 0 Å². The molecule has 0 aromatic heterocycles. The minimum Gasteiger partial charge on any atom is -0.505 e. The van der Waals surface area contributed by atoms with E-state index in [4.69, 9.17) is 46.4 Å². The van der Waals surface area contributed by atoms with Crippen LogP contribution < -0.4 is 0 Å². The van der Waals surface area contributed by atoms with Gasteiger partial charge >= 0.3 is 0 Å². The summed E-state index contributed by atoms with van der Waals surface area (Å²) in [6, 6.07) is 4.29. The Morgan fingerprint density at radius 3 is 1.32 bits per heavy atom. The molecule has 6 nitrogen and oxygen atoms in total. The second kappa shape index (κ2) is 7.79. The Bertz CT molecular complexity index is 833. The van der Waals surface area contributed by atoms with Gasteiger partial charge < -0.3 is 10.2 Å². The fraction of sp³-hybridized carbons (Fsp3) is 0. The van der Waals surface area contributed by atoms with Gasteiger partial charge in [-0.05, 0) is 24.3 Å². The Morgan fingerprint density at radius 2 is 1.04 bits per heavy atom. The minimum absolute atomic E-state index is 0.0711. The Morgan fingerprint density at radius 1 is 0.720 bits per heavy atom. The van der Waals surface area contributed by atoms with Gasteiger partial charge in [0.15, 0.2) is 0 Å². The highest BCUT2D eigenvalue weighted by molar-refractivity contribution is 9.16. The summed E-state index contributed by atoms with van der Waals surface area (Å²) < 4.78 is 44.3. The molecule has 0 spiro atoms. The van der Waals surface area contributed by atoms with Crippen molar-refractivity contribution < 1.29 is 27.7 Å². The molecule has 0 saturated heterocycles. The van der Waals surface area contributed by atoms with Gasteiger partial charge in [0.1, 0.15) is 11.5 Å². The van der Waals surface area contributed by atoms with Crippen LogP contribution in [0.15, 0.2) is 34.1 Å². The second-order valence-electron chi connectivity index (χ2n) is 4.41. The van der Waals surface area contributed by atoms with Gasteiger partial charge in [0.05, 0.1) is 19.8 Å². The summed E-state index contributed by atoms with van der Waals surface area (Å²) in [6.45, 7) is 0. The standard InChI is InChI=1S/C12H8Cl4O6S3/c13-5-1-7(15)11(17)9(3-5)25(23(19)20,24(21)22)10-4-6(14)2-8(16)12(10)18/h1-4,17-18H,(H,19,20)(H,21,22). The monoisotopic (exact) mass is 484 g/mol.